The van der Waals surface area contributed by atoms with Crippen LogP contribution in [0.2, 0.25) is 10.0 Å². The van der Waals surface area contributed by atoms with E-state index in [1.165, 1.54) is 6.07 Å². The molecule has 4 rings (SSSR count). The molecule has 4 nitrogen and oxygen atoms in total. The van der Waals surface area contributed by atoms with E-state index in [1.54, 1.807) is 48.5 Å². The van der Waals surface area contributed by atoms with E-state index >= 15 is 0 Å². The molecule has 0 saturated carbocycles. The van der Waals surface area contributed by atoms with Crippen molar-refractivity contribution in [3.8, 4) is 11.5 Å². The zero-order chi connectivity index (χ0) is 18.3. The van der Waals surface area contributed by atoms with Gasteiger partial charge in [0.2, 0.25) is 5.43 Å². The number of benzene rings is 3. The molecular formula is C20H12Cl2O4. The Morgan fingerprint density at radius 2 is 1.81 bits per heavy atom. The molecular weight excluding hydrogens is 375 g/mol. The second kappa shape index (κ2) is 6.56. The highest BCUT2D eigenvalue weighted by molar-refractivity contribution is 6.35. The number of para-hydroxylation sites is 1. The van der Waals surface area contributed by atoms with Crippen LogP contribution in [0.3, 0.4) is 0 Å². The highest BCUT2D eigenvalue weighted by Crippen LogP contribution is 2.31. The molecule has 1 aromatic heterocycles. The van der Waals surface area contributed by atoms with Crippen molar-refractivity contribution < 1.29 is 14.3 Å². The third-order valence-electron chi connectivity index (χ3n) is 4.04. The van der Waals surface area contributed by atoms with Crippen molar-refractivity contribution in [2.75, 3.05) is 0 Å². The Balaban J connectivity index is 1.75. The third kappa shape index (κ3) is 2.98. The number of rotatable bonds is 3. The maximum absolute atomic E-state index is 12.6. The second-order valence-electron chi connectivity index (χ2n) is 5.77. The van der Waals surface area contributed by atoms with Crippen LogP contribution in [-0.2, 0) is 6.61 Å². The topological polar surface area (TPSA) is 59.7 Å². The van der Waals surface area contributed by atoms with E-state index in [2.05, 4.69) is 0 Å². The number of aromatic hydroxyl groups is 1. The fourth-order valence-corrected chi connectivity index (χ4v) is 3.23. The first-order valence-corrected chi connectivity index (χ1v) is 8.54. The van der Waals surface area contributed by atoms with Gasteiger partial charge < -0.3 is 14.3 Å². The summed E-state index contributed by atoms with van der Waals surface area (Å²) in [5.74, 6) is 0.165. The average molecular weight is 387 g/mol. The Labute approximate surface area is 158 Å². The number of phenolic OH excluding ortho intramolecular Hbond substituents is 1. The van der Waals surface area contributed by atoms with Crippen LogP contribution >= 0.6 is 23.2 Å². The molecule has 4 aromatic rings. The predicted octanol–water partition coefficient (Wildman–Crippen LogP) is 5.54. The van der Waals surface area contributed by atoms with Crippen LogP contribution in [0.15, 0.2) is 63.8 Å². The van der Waals surface area contributed by atoms with Crippen LogP contribution in [0.4, 0.5) is 0 Å². The van der Waals surface area contributed by atoms with Crippen molar-refractivity contribution in [3.63, 3.8) is 0 Å². The van der Waals surface area contributed by atoms with Gasteiger partial charge in [-0.05, 0) is 24.3 Å². The van der Waals surface area contributed by atoms with Gasteiger partial charge in [-0.25, -0.2) is 0 Å². The van der Waals surface area contributed by atoms with Gasteiger partial charge in [-0.3, -0.25) is 4.79 Å². The van der Waals surface area contributed by atoms with Crippen LogP contribution in [-0.4, -0.2) is 5.11 Å². The predicted molar refractivity (Wildman–Crippen MR) is 102 cm³/mol. The van der Waals surface area contributed by atoms with Crippen molar-refractivity contribution >= 4 is 45.1 Å². The summed E-state index contributed by atoms with van der Waals surface area (Å²) in [6.45, 7) is 0.179. The molecule has 0 radical (unpaired) electrons. The first-order chi connectivity index (χ1) is 12.5. The minimum atomic E-state index is -0.286. The number of hydrogen-bond donors (Lipinski definition) is 1. The smallest absolute Gasteiger partial charge is 0.204 e. The molecule has 0 saturated heterocycles. The van der Waals surface area contributed by atoms with Gasteiger partial charge in [-0.1, -0.05) is 41.4 Å². The molecule has 130 valence electrons. The van der Waals surface area contributed by atoms with Gasteiger partial charge in [0.05, 0.1) is 5.39 Å². The number of fused-ring (bicyclic) bond motifs is 2. The lowest BCUT2D eigenvalue weighted by Gasteiger charge is -2.10. The van der Waals surface area contributed by atoms with Crippen LogP contribution in [0.1, 0.15) is 5.56 Å². The van der Waals surface area contributed by atoms with E-state index in [1.807, 2.05) is 0 Å². The SMILES string of the molecule is O=c1c2ccccc2oc2cc(OCc3ccc(Cl)cc3Cl)cc(O)c12. The summed E-state index contributed by atoms with van der Waals surface area (Å²) >= 11 is 12.0. The summed E-state index contributed by atoms with van der Waals surface area (Å²) in [5, 5.41) is 11.9. The lowest BCUT2D eigenvalue weighted by Crippen LogP contribution is -2.03. The zero-order valence-electron chi connectivity index (χ0n) is 13.3. The maximum atomic E-state index is 12.6. The average Bonchev–Trinajstić information content (AvgIpc) is 2.61. The number of halogens is 2. The largest absolute Gasteiger partial charge is 0.507 e. The van der Waals surface area contributed by atoms with Gasteiger partial charge in [0, 0.05) is 27.7 Å². The molecule has 0 bridgehead atoms. The minimum Gasteiger partial charge on any atom is -0.507 e. The Morgan fingerprint density at radius 3 is 2.62 bits per heavy atom. The van der Waals surface area contributed by atoms with Crippen molar-refractivity contribution in [2.24, 2.45) is 0 Å². The summed E-state index contributed by atoms with van der Waals surface area (Å²) in [6, 6.07) is 15.0. The van der Waals surface area contributed by atoms with E-state index < -0.39 is 0 Å². The summed E-state index contributed by atoms with van der Waals surface area (Å²) < 4.78 is 11.5. The van der Waals surface area contributed by atoms with Crippen molar-refractivity contribution in [1.82, 2.24) is 0 Å². The van der Waals surface area contributed by atoms with E-state index in [9.17, 15) is 9.90 Å². The normalized spacial score (nSPS) is 11.2. The monoisotopic (exact) mass is 386 g/mol. The molecule has 0 atom stereocenters. The van der Waals surface area contributed by atoms with E-state index in [4.69, 9.17) is 32.4 Å². The van der Waals surface area contributed by atoms with Gasteiger partial charge in [0.25, 0.3) is 0 Å². The molecule has 0 fully saturated rings. The van der Waals surface area contributed by atoms with E-state index in [0.29, 0.717) is 26.8 Å². The molecule has 0 aliphatic rings. The molecule has 0 unspecified atom stereocenters. The lowest BCUT2D eigenvalue weighted by molar-refractivity contribution is 0.304. The van der Waals surface area contributed by atoms with Crippen molar-refractivity contribution in [3.05, 3.63) is 80.4 Å². The molecule has 0 aliphatic carbocycles. The summed E-state index contributed by atoms with van der Waals surface area (Å²) in [4.78, 5) is 12.6. The molecule has 0 aliphatic heterocycles. The van der Waals surface area contributed by atoms with Gasteiger partial charge >= 0.3 is 0 Å². The molecule has 6 heteroatoms. The Bertz CT molecular complexity index is 1200. The van der Waals surface area contributed by atoms with Crippen LogP contribution in [0, 0.1) is 0 Å². The van der Waals surface area contributed by atoms with Gasteiger partial charge in [0.1, 0.15) is 34.7 Å². The second-order valence-corrected chi connectivity index (χ2v) is 6.61. The summed E-state index contributed by atoms with van der Waals surface area (Å²) in [5.41, 5.74) is 1.16. The highest BCUT2D eigenvalue weighted by Gasteiger charge is 2.13. The number of phenols is 1. The number of hydrogen-bond acceptors (Lipinski definition) is 4. The third-order valence-corrected chi connectivity index (χ3v) is 4.63. The van der Waals surface area contributed by atoms with E-state index in [-0.39, 0.29) is 28.8 Å². The molecule has 3 aromatic carbocycles. The molecule has 1 heterocycles. The molecule has 0 amide bonds. The fourth-order valence-electron chi connectivity index (χ4n) is 2.76. The van der Waals surface area contributed by atoms with Gasteiger partial charge in [0.15, 0.2) is 0 Å². The lowest BCUT2D eigenvalue weighted by atomic mass is 10.1. The number of ether oxygens (including phenoxy) is 1. The van der Waals surface area contributed by atoms with Crippen molar-refractivity contribution in [1.29, 1.82) is 0 Å². The Hall–Kier alpha value is -2.69. The standard InChI is InChI=1S/C20H12Cl2O4/c21-12-6-5-11(15(22)7-12)10-25-13-8-16(23)19-18(9-13)26-17-4-2-1-3-14(17)20(19)24/h1-9,23H,10H2. The van der Waals surface area contributed by atoms with Crippen LogP contribution < -0.4 is 10.2 Å². The quantitative estimate of drug-likeness (QED) is 0.469. The summed E-state index contributed by atoms with van der Waals surface area (Å²) in [6.07, 6.45) is 0. The summed E-state index contributed by atoms with van der Waals surface area (Å²) in [7, 11) is 0. The first-order valence-electron chi connectivity index (χ1n) is 7.78. The fraction of sp³-hybridized carbons (Fsp3) is 0.0500. The van der Waals surface area contributed by atoms with Crippen LogP contribution in [0.25, 0.3) is 21.9 Å². The minimum absolute atomic E-state index is 0.126. The Kier molecular flexibility index (Phi) is 4.23. The molecule has 0 spiro atoms. The van der Waals surface area contributed by atoms with Gasteiger partial charge in [-0.15, -0.1) is 0 Å². The van der Waals surface area contributed by atoms with Crippen molar-refractivity contribution in [2.45, 2.75) is 6.61 Å². The molecule has 1 N–H and O–H groups in total. The molecule has 26 heavy (non-hydrogen) atoms. The van der Waals surface area contributed by atoms with E-state index in [0.717, 1.165) is 5.56 Å². The van der Waals surface area contributed by atoms with Crippen LogP contribution in [0.5, 0.6) is 11.5 Å². The Morgan fingerprint density at radius 1 is 1.00 bits per heavy atom. The maximum Gasteiger partial charge on any atom is 0.204 e. The highest BCUT2D eigenvalue weighted by atomic mass is 35.5. The zero-order valence-corrected chi connectivity index (χ0v) is 14.8. The first kappa shape index (κ1) is 16.8. The van der Waals surface area contributed by atoms with Gasteiger partial charge in [-0.2, -0.15) is 0 Å².